The Morgan fingerprint density at radius 3 is 2.34 bits per heavy atom. The van der Waals surface area contributed by atoms with Gasteiger partial charge in [0.05, 0.1) is 13.2 Å². The molecule has 2 rings (SSSR count). The fraction of sp³-hybridized carbons (Fsp3) is 0.417. The molecule has 0 aromatic heterocycles. The number of aryl methyl sites for hydroxylation is 1. The molecule has 0 aliphatic rings. The molecule has 0 saturated carbocycles. The first kappa shape index (κ1) is 25.4. The monoisotopic (exact) mass is 440 g/mol. The highest BCUT2D eigenvalue weighted by molar-refractivity contribution is 6.58. The van der Waals surface area contributed by atoms with Crippen LogP contribution in [0, 0.1) is 19.3 Å². The minimum absolute atomic E-state index is 0.215. The standard InChI is InChI=1S/C24H33BN2O5/c1-8-21(24(4,5)6)27(23(29)17-12-15(2)13-18(14-17)25(30)31)26-22(28)19-10-9-11-20(32-7)16(19)3/h9-14,21,30-31H,8H2,1-7H3,(H,26,28). The summed E-state index contributed by atoms with van der Waals surface area (Å²) in [5.41, 5.74) is 4.74. The molecule has 2 aromatic carbocycles. The number of nitrogens with one attached hydrogen (secondary N) is 1. The van der Waals surface area contributed by atoms with E-state index in [-0.39, 0.29) is 22.5 Å². The predicted molar refractivity (Wildman–Crippen MR) is 126 cm³/mol. The van der Waals surface area contributed by atoms with Gasteiger partial charge in [-0.25, -0.2) is 5.01 Å². The molecule has 0 bridgehead atoms. The largest absolute Gasteiger partial charge is 0.496 e. The van der Waals surface area contributed by atoms with Gasteiger partial charge in [-0.3, -0.25) is 15.0 Å². The van der Waals surface area contributed by atoms with E-state index in [1.165, 1.54) is 18.2 Å². The van der Waals surface area contributed by atoms with E-state index in [0.717, 1.165) is 0 Å². The van der Waals surface area contributed by atoms with Crippen LogP contribution >= 0.6 is 0 Å². The first-order valence-electron chi connectivity index (χ1n) is 10.7. The van der Waals surface area contributed by atoms with E-state index in [0.29, 0.717) is 28.9 Å². The van der Waals surface area contributed by atoms with Gasteiger partial charge in [0.2, 0.25) is 0 Å². The number of ether oxygens (including phenoxy) is 1. The summed E-state index contributed by atoms with van der Waals surface area (Å²) in [6.45, 7) is 11.5. The summed E-state index contributed by atoms with van der Waals surface area (Å²) in [4.78, 5) is 26.8. The van der Waals surface area contributed by atoms with E-state index in [1.54, 1.807) is 44.2 Å². The lowest BCUT2D eigenvalue weighted by atomic mass is 9.78. The van der Waals surface area contributed by atoms with E-state index in [4.69, 9.17) is 4.74 Å². The van der Waals surface area contributed by atoms with E-state index in [9.17, 15) is 19.6 Å². The number of hydrazine groups is 1. The summed E-state index contributed by atoms with van der Waals surface area (Å²) < 4.78 is 5.32. The Bertz CT molecular complexity index is 985. The molecule has 1 unspecified atom stereocenters. The summed E-state index contributed by atoms with van der Waals surface area (Å²) in [6.07, 6.45) is 0.605. The van der Waals surface area contributed by atoms with Crippen molar-refractivity contribution in [2.75, 3.05) is 7.11 Å². The smallest absolute Gasteiger partial charge is 0.488 e. The molecule has 172 valence electrons. The van der Waals surface area contributed by atoms with Crippen LogP contribution < -0.4 is 15.6 Å². The number of benzene rings is 2. The fourth-order valence-corrected chi connectivity index (χ4v) is 3.93. The summed E-state index contributed by atoms with van der Waals surface area (Å²) in [6, 6.07) is 9.57. The average molecular weight is 440 g/mol. The highest BCUT2D eigenvalue weighted by Crippen LogP contribution is 2.28. The molecular weight excluding hydrogens is 407 g/mol. The summed E-state index contributed by atoms with van der Waals surface area (Å²) in [5, 5.41) is 20.6. The number of hydrogen-bond donors (Lipinski definition) is 3. The van der Waals surface area contributed by atoms with Gasteiger partial charge < -0.3 is 14.8 Å². The molecule has 0 fully saturated rings. The molecule has 7 nitrogen and oxygen atoms in total. The van der Waals surface area contributed by atoms with Gasteiger partial charge in [-0.2, -0.15) is 0 Å². The van der Waals surface area contributed by atoms with Crippen LogP contribution in [0.2, 0.25) is 0 Å². The quantitative estimate of drug-likeness (QED) is 0.474. The summed E-state index contributed by atoms with van der Waals surface area (Å²) in [7, 11) is -0.161. The number of nitrogens with zero attached hydrogens (tertiary/aromatic N) is 1. The zero-order chi connectivity index (χ0) is 24.2. The predicted octanol–water partition coefficient (Wildman–Crippen LogP) is 2.60. The van der Waals surface area contributed by atoms with E-state index in [2.05, 4.69) is 5.43 Å². The SMILES string of the molecule is CCC(N(NC(=O)c1cccc(OC)c1C)C(=O)c1cc(C)cc(B(O)O)c1)C(C)(C)C. The van der Waals surface area contributed by atoms with Crippen LogP contribution in [0.25, 0.3) is 0 Å². The number of carbonyl (C=O) groups is 2. The molecule has 0 heterocycles. The second-order valence-electron chi connectivity index (χ2n) is 9.05. The van der Waals surface area contributed by atoms with Crippen molar-refractivity contribution in [3.8, 4) is 5.75 Å². The van der Waals surface area contributed by atoms with Crippen LogP contribution in [-0.2, 0) is 0 Å². The Hall–Kier alpha value is -2.84. The highest BCUT2D eigenvalue weighted by atomic mass is 16.5. The first-order valence-corrected chi connectivity index (χ1v) is 10.7. The highest BCUT2D eigenvalue weighted by Gasteiger charge is 2.35. The van der Waals surface area contributed by atoms with Crippen LogP contribution in [-0.4, -0.2) is 47.1 Å². The lowest BCUT2D eigenvalue weighted by Gasteiger charge is -2.39. The zero-order valence-electron chi connectivity index (χ0n) is 19.9. The number of carbonyl (C=O) groups excluding carboxylic acids is 2. The average Bonchev–Trinajstić information content (AvgIpc) is 2.71. The maximum atomic E-state index is 13.6. The summed E-state index contributed by atoms with van der Waals surface area (Å²) >= 11 is 0. The second-order valence-corrected chi connectivity index (χ2v) is 9.05. The summed E-state index contributed by atoms with van der Waals surface area (Å²) in [5.74, 6) is -0.266. The van der Waals surface area contributed by atoms with Crippen LogP contribution in [0.1, 0.15) is 66.0 Å². The maximum absolute atomic E-state index is 13.6. The van der Waals surface area contributed by atoms with Crippen molar-refractivity contribution in [2.45, 2.75) is 54.0 Å². The number of hydrogen-bond acceptors (Lipinski definition) is 5. The van der Waals surface area contributed by atoms with Gasteiger partial charge in [0, 0.05) is 16.7 Å². The van der Waals surface area contributed by atoms with Gasteiger partial charge in [-0.1, -0.05) is 45.4 Å². The van der Waals surface area contributed by atoms with Crippen molar-refractivity contribution >= 4 is 24.4 Å². The first-order chi connectivity index (χ1) is 14.9. The van der Waals surface area contributed by atoms with Gasteiger partial charge in [0.1, 0.15) is 5.75 Å². The number of amides is 2. The van der Waals surface area contributed by atoms with Crippen molar-refractivity contribution in [2.24, 2.45) is 5.41 Å². The third-order valence-electron chi connectivity index (χ3n) is 5.53. The van der Waals surface area contributed by atoms with E-state index in [1.807, 2.05) is 27.7 Å². The lowest BCUT2D eigenvalue weighted by molar-refractivity contribution is 0.0284. The van der Waals surface area contributed by atoms with Gasteiger partial charge in [0.15, 0.2) is 0 Å². The van der Waals surface area contributed by atoms with Crippen LogP contribution in [0.3, 0.4) is 0 Å². The maximum Gasteiger partial charge on any atom is 0.488 e. The topological polar surface area (TPSA) is 99.1 Å². The Morgan fingerprint density at radius 1 is 1.16 bits per heavy atom. The van der Waals surface area contributed by atoms with Crippen molar-refractivity contribution in [3.05, 3.63) is 58.7 Å². The minimum Gasteiger partial charge on any atom is -0.496 e. The van der Waals surface area contributed by atoms with Crippen molar-refractivity contribution in [1.29, 1.82) is 0 Å². The zero-order valence-corrected chi connectivity index (χ0v) is 19.9. The van der Waals surface area contributed by atoms with Crippen molar-refractivity contribution in [3.63, 3.8) is 0 Å². The Labute approximate surface area is 190 Å². The molecule has 0 spiro atoms. The van der Waals surface area contributed by atoms with Gasteiger partial charge in [0.25, 0.3) is 11.8 Å². The molecule has 32 heavy (non-hydrogen) atoms. The van der Waals surface area contributed by atoms with Gasteiger partial charge in [-0.15, -0.1) is 0 Å². The Balaban J connectivity index is 2.52. The van der Waals surface area contributed by atoms with Crippen LogP contribution in [0.5, 0.6) is 5.75 Å². The van der Waals surface area contributed by atoms with Crippen LogP contribution in [0.15, 0.2) is 36.4 Å². The lowest BCUT2D eigenvalue weighted by Crippen LogP contribution is -2.56. The Morgan fingerprint density at radius 2 is 1.81 bits per heavy atom. The van der Waals surface area contributed by atoms with E-state index >= 15 is 0 Å². The molecule has 2 aromatic rings. The van der Waals surface area contributed by atoms with Gasteiger partial charge in [-0.05, 0) is 55.4 Å². The molecule has 0 saturated heterocycles. The van der Waals surface area contributed by atoms with E-state index < -0.39 is 18.9 Å². The number of rotatable bonds is 6. The molecule has 0 aliphatic heterocycles. The molecule has 0 radical (unpaired) electrons. The molecule has 2 amide bonds. The third-order valence-corrected chi connectivity index (χ3v) is 5.53. The normalized spacial score (nSPS) is 12.2. The van der Waals surface area contributed by atoms with Crippen molar-refractivity contribution in [1.82, 2.24) is 10.4 Å². The Kier molecular flexibility index (Phi) is 8.10. The second kappa shape index (κ2) is 10.2. The molecule has 3 N–H and O–H groups in total. The number of methoxy groups -OCH3 is 1. The van der Waals surface area contributed by atoms with Crippen LogP contribution in [0.4, 0.5) is 0 Å². The third kappa shape index (κ3) is 5.69. The molecular formula is C24H33BN2O5. The molecule has 8 heteroatoms. The molecule has 0 aliphatic carbocycles. The van der Waals surface area contributed by atoms with Gasteiger partial charge >= 0.3 is 7.12 Å². The minimum atomic E-state index is -1.70. The fourth-order valence-electron chi connectivity index (χ4n) is 3.93. The van der Waals surface area contributed by atoms with Crippen molar-refractivity contribution < 1.29 is 24.4 Å². The molecule has 1 atom stereocenters.